The fourth-order valence-electron chi connectivity index (χ4n) is 3.01. The number of amides is 1. The van der Waals surface area contributed by atoms with Gasteiger partial charge in [-0.3, -0.25) is 10.1 Å². The van der Waals surface area contributed by atoms with Crippen molar-refractivity contribution >= 4 is 34.0 Å². The Balaban J connectivity index is 1.70. The molecule has 0 aliphatic heterocycles. The fourth-order valence-corrected chi connectivity index (χ4v) is 3.84. The Labute approximate surface area is 168 Å². The first kappa shape index (κ1) is 19.4. The van der Waals surface area contributed by atoms with E-state index < -0.39 is 6.10 Å². The molecule has 1 aromatic heterocycles. The highest BCUT2D eigenvalue weighted by atomic mass is 35.5. The Hall–Kier alpha value is -2.37. The first-order valence-corrected chi connectivity index (χ1v) is 9.86. The van der Waals surface area contributed by atoms with Crippen LogP contribution < -0.4 is 10.1 Å². The number of carbonyl (C=O) groups is 1. The van der Waals surface area contributed by atoms with E-state index in [2.05, 4.69) is 43.2 Å². The average Bonchev–Trinajstić information content (AvgIpc) is 3.04. The van der Waals surface area contributed by atoms with Gasteiger partial charge in [-0.05, 0) is 63.1 Å². The molecule has 4 nitrogen and oxygen atoms in total. The van der Waals surface area contributed by atoms with Crippen molar-refractivity contribution in [2.45, 2.75) is 33.8 Å². The van der Waals surface area contributed by atoms with Crippen LogP contribution >= 0.6 is 22.9 Å². The van der Waals surface area contributed by atoms with E-state index in [1.54, 1.807) is 31.2 Å². The molecule has 0 unspecified atom stereocenters. The van der Waals surface area contributed by atoms with Gasteiger partial charge in [0.05, 0.1) is 5.69 Å². The third-order valence-corrected chi connectivity index (χ3v) is 5.17. The summed E-state index contributed by atoms with van der Waals surface area (Å²) >= 11 is 7.26. The fraction of sp³-hybridized carbons (Fsp3) is 0.238. The normalized spacial score (nSPS) is 11.9. The quantitative estimate of drug-likeness (QED) is 0.589. The van der Waals surface area contributed by atoms with Gasteiger partial charge in [-0.2, -0.15) is 0 Å². The molecule has 0 saturated heterocycles. The number of nitrogens with zero attached hydrogens (tertiary/aromatic N) is 1. The van der Waals surface area contributed by atoms with E-state index in [0.717, 1.165) is 11.3 Å². The summed E-state index contributed by atoms with van der Waals surface area (Å²) in [5.74, 6) is 0.344. The first-order chi connectivity index (χ1) is 12.8. The van der Waals surface area contributed by atoms with E-state index in [1.165, 1.54) is 28.0 Å². The van der Waals surface area contributed by atoms with Crippen molar-refractivity contribution in [3.63, 3.8) is 0 Å². The van der Waals surface area contributed by atoms with Crippen LogP contribution in [-0.2, 0) is 4.79 Å². The number of carbonyl (C=O) groups excluding carboxylic acids is 1. The third-order valence-electron chi connectivity index (χ3n) is 4.16. The molecule has 6 heteroatoms. The maximum Gasteiger partial charge on any atom is 0.266 e. The highest BCUT2D eigenvalue weighted by Crippen LogP contribution is 2.31. The molecule has 0 radical (unpaired) electrons. The zero-order chi connectivity index (χ0) is 19.6. The standard InChI is InChI=1S/C21H21ClN2O2S/c1-12-9-13(2)19(14(3)10-12)18-11-27-21(23-18)24-20(25)15(4)26-17-7-5-16(22)6-8-17/h5-11,15H,1-4H3,(H,23,24,25)/t15-/m1/s1. The summed E-state index contributed by atoms with van der Waals surface area (Å²) in [6.07, 6.45) is -0.652. The molecule has 2 aromatic carbocycles. The van der Waals surface area contributed by atoms with Crippen LogP contribution in [-0.4, -0.2) is 17.0 Å². The molecule has 27 heavy (non-hydrogen) atoms. The molecule has 1 heterocycles. The number of hydrogen-bond acceptors (Lipinski definition) is 4. The Bertz CT molecular complexity index is 944. The zero-order valence-corrected chi connectivity index (χ0v) is 17.2. The third kappa shape index (κ3) is 4.67. The summed E-state index contributed by atoms with van der Waals surface area (Å²) in [7, 11) is 0. The molecule has 1 N–H and O–H groups in total. The molecule has 0 fully saturated rings. The molecule has 1 amide bonds. The monoisotopic (exact) mass is 400 g/mol. The maximum absolute atomic E-state index is 12.4. The van der Waals surface area contributed by atoms with Crippen molar-refractivity contribution < 1.29 is 9.53 Å². The van der Waals surface area contributed by atoms with Crippen LogP contribution in [0.3, 0.4) is 0 Å². The number of rotatable bonds is 5. The minimum Gasteiger partial charge on any atom is -0.481 e. The van der Waals surface area contributed by atoms with Gasteiger partial charge in [-0.15, -0.1) is 11.3 Å². The van der Waals surface area contributed by atoms with Crippen molar-refractivity contribution in [1.82, 2.24) is 4.98 Å². The minimum absolute atomic E-state index is 0.247. The van der Waals surface area contributed by atoms with Gasteiger partial charge in [0.2, 0.25) is 0 Å². The summed E-state index contributed by atoms with van der Waals surface area (Å²) in [6, 6.07) is 11.2. The number of aryl methyl sites for hydroxylation is 3. The second-order valence-electron chi connectivity index (χ2n) is 6.51. The van der Waals surface area contributed by atoms with Crippen LogP contribution in [0.25, 0.3) is 11.3 Å². The van der Waals surface area contributed by atoms with Gasteiger partial charge in [-0.1, -0.05) is 29.3 Å². The van der Waals surface area contributed by atoms with Gasteiger partial charge in [0, 0.05) is 16.0 Å². The molecule has 1 atom stereocenters. The molecule has 0 spiro atoms. The topological polar surface area (TPSA) is 51.2 Å². The summed E-state index contributed by atoms with van der Waals surface area (Å²) in [4.78, 5) is 17.0. The van der Waals surface area contributed by atoms with E-state index in [0.29, 0.717) is 15.9 Å². The number of thiazole rings is 1. The number of hydrogen-bond donors (Lipinski definition) is 1. The average molecular weight is 401 g/mol. The smallest absolute Gasteiger partial charge is 0.266 e. The van der Waals surface area contributed by atoms with Crippen LogP contribution in [0.4, 0.5) is 5.13 Å². The lowest BCUT2D eigenvalue weighted by Gasteiger charge is -2.13. The van der Waals surface area contributed by atoms with E-state index in [9.17, 15) is 4.79 Å². The van der Waals surface area contributed by atoms with Crippen LogP contribution in [0.5, 0.6) is 5.75 Å². The van der Waals surface area contributed by atoms with Crippen molar-refractivity contribution in [2.24, 2.45) is 0 Å². The van der Waals surface area contributed by atoms with Crippen LogP contribution in [0.15, 0.2) is 41.8 Å². The minimum atomic E-state index is -0.652. The summed E-state index contributed by atoms with van der Waals surface area (Å²) in [5.41, 5.74) is 5.57. The van der Waals surface area contributed by atoms with E-state index >= 15 is 0 Å². The molecule has 3 rings (SSSR count). The molecule has 0 bridgehead atoms. The van der Waals surface area contributed by atoms with Gasteiger partial charge in [0.1, 0.15) is 5.75 Å². The van der Waals surface area contributed by atoms with Gasteiger partial charge in [-0.25, -0.2) is 4.98 Å². The largest absolute Gasteiger partial charge is 0.481 e. The van der Waals surface area contributed by atoms with Crippen molar-refractivity contribution in [1.29, 1.82) is 0 Å². The number of aromatic nitrogens is 1. The number of ether oxygens (including phenoxy) is 1. The van der Waals surface area contributed by atoms with Gasteiger partial charge < -0.3 is 4.74 Å². The van der Waals surface area contributed by atoms with E-state index in [1.807, 2.05) is 5.38 Å². The number of anilines is 1. The molecule has 3 aromatic rings. The molecular formula is C21H21ClN2O2S. The Morgan fingerprint density at radius 1 is 1.15 bits per heavy atom. The number of halogens is 1. The number of benzene rings is 2. The second-order valence-corrected chi connectivity index (χ2v) is 7.81. The summed E-state index contributed by atoms with van der Waals surface area (Å²) in [5, 5.41) is 5.97. The summed E-state index contributed by atoms with van der Waals surface area (Å²) in [6.45, 7) is 7.94. The first-order valence-electron chi connectivity index (χ1n) is 8.60. The van der Waals surface area contributed by atoms with Crippen LogP contribution in [0, 0.1) is 20.8 Å². The van der Waals surface area contributed by atoms with Gasteiger partial charge >= 0.3 is 0 Å². The van der Waals surface area contributed by atoms with Crippen molar-refractivity contribution in [3.8, 4) is 17.0 Å². The Morgan fingerprint density at radius 2 is 1.78 bits per heavy atom. The van der Waals surface area contributed by atoms with Gasteiger partial charge in [0.25, 0.3) is 5.91 Å². The Morgan fingerprint density at radius 3 is 2.41 bits per heavy atom. The maximum atomic E-state index is 12.4. The molecular weight excluding hydrogens is 380 g/mol. The molecule has 0 aliphatic carbocycles. The molecule has 0 aliphatic rings. The lowest BCUT2D eigenvalue weighted by atomic mass is 9.98. The highest BCUT2D eigenvalue weighted by molar-refractivity contribution is 7.14. The lowest BCUT2D eigenvalue weighted by Crippen LogP contribution is -2.30. The highest BCUT2D eigenvalue weighted by Gasteiger charge is 2.17. The van der Waals surface area contributed by atoms with Crippen LogP contribution in [0.1, 0.15) is 23.6 Å². The van der Waals surface area contributed by atoms with E-state index in [-0.39, 0.29) is 5.91 Å². The lowest BCUT2D eigenvalue weighted by molar-refractivity contribution is -0.122. The van der Waals surface area contributed by atoms with Gasteiger partial charge in [0.15, 0.2) is 11.2 Å². The van der Waals surface area contributed by atoms with Crippen molar-refractivity contribution in [2.75, 3.05) is 5.32 Å². The SMILES string of the molecule is Cc1cc(C)c(-c2csc(NC(=O)[C@@H](C)Oc3ccc(Cl)cc3)n2)c(C)c1. The van der Waals surface area contributed by atoms with Crippen LogP contribution in [0.2, 0.25) is 5.02 Å². The molecule has 140 valence electrons. The zero-order valence-electron chi connectivity index (χ0n) is 15.7. The summed E-state index contributed by atoms with van der Waals surface area (Å²) < 4.78 is 5.65. The van der Waals surface area contributed by atoms with Crippen molar-refractivity contribution in [3.05, 3.63) is 63.5 Å². The predicted octanol–water partition coefficient (Wildman–Crippen LogP) is 5.79. The number of nitrogens with one attached hydrogen (secondary N) is 1. The predicted molar refractivity (Wildman–Crippen MR) is 112 cm³/mol. The second kappa shape index (κ2) is 8.11. The van der Waals surface area contributed by atoms with E-state index in [4.69, 9.17) is 16.3 Å². The molecule has 0 saturated carbocycles. The Kier molecular flexibility index (Phi) is 5.82.